The Bertz CT molecular complexity index is 657. The van der Waals surface area contributed by atoms with E-state index in [1.807, 2.05) is 29.8 Å². The van der Waals surface area contributed by atoms with Crippen molar-refractivity contribution >= 4 is 23.4 Å². The van der Waals surface area contributed by atoms with E-state index >= 15 is 0 Å². The summed E-state index contributed by atoms with van der Waals surface area (Å²) in [6.45, 7) is 2.51. The molecule has 1 heterocycles. The molecule has 0 saturated heterocycles. The highest BCUT2D eigenvalue weighted by molar-refractivity contribution is 7.97. The van der Waals surface area contributed by atoms with E-state index in [0.717, 1.165) is 40.2 Å². The Hall–Kier alpha value is -1.04. The molecule has 4 nitrogen and oxygen atoms in total. The standard InChI is InChI=1S/C17H22ClN3OS/c1-2-14(22)9-21-16(19-17(20-21)12-7-8-12)11-23-10-13-5-3-4-6-15(13)18/h3-6,12,14,22H,2,7-11H2,1H3/t14-/m1/s1. The van der Waals surface area contributed by atoms with Gasteiger partial charge in [0.15, 0.2) is 5.82 Å². The Labute approximate surface area is 146 Å². The third kappa shape index (κ3) is 4.49. The molecular weight excluding hydrogens is 330 g/mol. The molecule has 1 N–H and O–H groups in total. The van der Waals surface area contributed by atoms with E-state index in [0.29, 0.717) is 12.5 Å². The monoisotopic (exact) mass is 351 g/mol. The van der Waals surface area contributed by atoms with Crippen LogP contribution in [0.5, 0.6) is 0 Å². The van der Waals surface area contributed by atoms with Gasteiger partial charge in [-0.25, -0.2) is 9.67 Å². The molecule has 124 valence electrons. The van der Waals surface area contributed by atoms with Crippen molar-refractivity contribution in [3.05, 3.63) is 46.5 Å². The van der Waals surface area contributed by atoms with E-state index in [2.05, 4.69) is 11.2 Å². The summed E-state index contributed by atoms with van der Waals surface area (Å²) in [5.41, 5.74) is 1.14. The summed E-state index contributed by atoms with van der Waals surface area (Å²) in [7, 11) is 0. The third-order valence-electron chi connectivity index (χ3n) is 4.01. The van der Waals surface area contributed by atoms with Crippen LogP contribution in [0.15, 0.2) is 24.3 Å². The first-order valence-electron chi connectivity index (χ1n) is 8.10. The first-order chi connectivity index (χ1) is 11.2. The Morgan fingerprint density at radius 2 is 2.13 bits per heavy atom. The largest absolute Gasteiger partial charge is 0.391 e. The van der Waals surface area contributed by atoms with Crippen molar-refractivity contribution < 1.29 is 5.11 Å². The molecule has 0 aliphatic heterocycles. The summed E-state index contributed by atoms with van der Waals surface area (Å²) in [4.78, 5) is 4.70. The summed E-state index contributed by atoms with van der Waals surface area (Å²) >= 11 is 7.98. The molecule has 0 unspecified atom stereocenters. The van der Waals surface area contributed by atoms with Crippen molar-refractivity contribution in [1.29, 1.82) is 0 Å². The number of aliphatic hydroxyl groups excluding tert-OH is 1. The van der Waals surface area contributed by atoms with Crippen LogP contribution in [-0.2, 0) is 18.1 Å². The zero-order valence-corrected chi connectivity index (χ0v) is 14.9. The van der Waals surface area contributed by atoms with Gasteiger partial charge in [0, 0.05) is 16.7 Å². The third-order valence-corrected chi connectivity index (χ3v) is 5.35. The van der Waals surface area contributed by atoms with E-state index in [9.17, 15) is 5.11 Å². The number of aliphatic hydroxyl groups is 1. The molecule has 1 aromatic carbocycles. The quantitative estimate of drug-likeness (QED) is 0.780. The van der Waals surface area contributed by atoms with Gasteiger partial charge in [-0.1, -0.05) is 36.7 Å². The molecule has 6 heteroatoms. The fourth-order valence-electron chi connectivity index (χ4n) is 2.36. The maximum Gasteiger partial charge on any atom is 0.154 e. The lowest BCUT2D eigenvalue weighted by Crippen LogP contribution is -2.17. The Morgan fingerprint density at radius 1 is 1.35 bits per heavy atom. The van der Waals surface area contributed by atoms with E-state index in [1.54, 1.807) is 11.8 Å². The van der Waals surface area contributed by atoms with Crippen molar-refractivity contribution in [2.24, 2.45) is 0 Å². The van der Waals surface area contributed by atoms with Crippen LogP contribution >= 0.6 is 23.4 Å². The van der Waals surface area contributed by atoms with Crippen molar-refractivity contribution in [3.8, 4) is 0 Å². The number of aromatic nitrogens is 3. The van der Waals surface area contributed by atoms with Crippen LogP contribution in [0.1, 0.15) is 49.3 Å². The van der Waals surface area contributed by atoms with E-state index < -0.39 is 0 Å². The Balaban J connectivity index is 1.64. The number of benzene rings is 1. The molecule has 0 amide bonds. The average Bonchev–Trinajstić information content (AvgIpc) is 3.32. The predicted molar refractivity (Wildman–Crippen MR) is 94.7 cm³/mol. The smallest absolute Gasteiger partial charge is 0.154 e. The molecule has 0 spiro atoms. The van der Waals surface area contributed by atoms with Crippen LogP contribution in [0.3, 0.4) is 0 Å². The normalized spacial score (nSPS) is 15.8. The topological polar surface area (TPSA) is 50.9 Å². The van der Waals surface area contributed by atoms with Crippen LogP contribution in [0.25, 0.3) is 0 Å². The number of rotatable bonds is 8. The van der Waals surface area contributed by atoms with Crippen molar-refractivity contribution in [2.45, 2.75) is 56.3 Å². The predicted octanol–water partition coefficient (Wildman–Crippen LogP) is 4.01. The molecule has 1 saturated carbocycles. The lowest BCUT2D eigenvalue weighted by Gasteiger charge is -2.10. The minimum absolute atomic E-state index is 0.365. The fourth-order valence-corrected chi connectivity index (χ4v) is 3.61. The van der Waals surface area contributed by atoms with Crippen LogP contribution in [-0.4, -0.2) is 26.0 Å². The van der Waals surface area contributed by atoms with Crippen LogP contribution in [0.2, 0.25) is 5.02 Å². The maximum absolute atomic E-state index is 9.93. The minimum atomic E-state index is -0.365. The van der Waals surface area contributed by atoms with E-state index in [-0.39, 0.29) is 6.10 Å². The molecule has 3 rings (SSSR count). The minimum Gasteiger partial charge on any atom is -0.391 e. The average molecular weight is 352 g/mol. The van der Waals surface area contributed by atoms with Crippen molar-refractivity contribution in [3.63, 3.8) is 0 Å². The van der Waals surface area contributed by atoms with Crippen LogP contribution < -0.4 is 0 Å². The molecule has 1 aliphatic carbocycles. The molecule has 1 aliphatic rings. The summed E-state index contributed by atoms with van der Waals surface area (Å²) in [5, 5.41) is 15.3. The van der Waals surface area contributed by atoms with Gasteiger partial charge < -0.3 is 5.11 Å². The van der Waals surface area contributed by atoms with E-state index in [4.69, 9.17) is 16.6 Å². The molecule has 2 aromatic rings. The number of hydrogen-bond donors (Lipinski definition) is 1. The summed E-state index contributed by atoms with van der Waals surface area (Å²) in [6, 6.07) is 7.92. The van der Waals surface area contributed by atoms with Gasteiger partial charge in [-0.15, -0.1) is 11.8 Å². The van der Waals surface area contributed by atoms with E-state index in [1.165, 1.54) is 12.8 Å². The SMILES string of the molecule is CC[C@@H](O)Cn1nc(C2CC2)nc1CSCc1ccccc1Cl. The number of nitrogens with zero attached hydrogens (tertiary/aromatic N) is 3. The molecule has 1 atom stereocenters. The zero-order chi connectivity index (χ0) is 16.2. The second-order valence-electron chi connectivity index (χ2n) is 5.99. The van der Waals surface area contributed by atoms with Crippen LogP contribution in [0, 0.1) is 0 Å². The lowest BCUT2D eigenvalue weighted by molar-refractivity contribution is 0.144. The van der Waals surface area contributed by atoms with Gasteiger partial charge >= 0.3 is 0 Å². The van der Waals surface area contributed by atoms with Gasteiger partial charge in [0.1, 0.15) is 5.82 Å². The second kappa shape index (κ2) is 7.69. The maximum atomic E-state index is 9.93. The molecule has 1 aromatic heterocycles. The highest BCUT2D eigenvalue weighted by Crippen LogP contribution is 2.38. The zero-order valence-electron chi connectivity index (χ0n) is 13.3. The first kappa shape index (κ1) is 16.8. The summed E-state index contributed by atoms with van der Waals surface area (Å²) < 4.78 is 1.89. The van der Waals surface area contributed by atoms with Crippen molar-refractivity contribution in [2.75, 3.05) is 0 Å². The number of halogens is 1. The van der Waals surface area contributed by atoms with Gasteiger partial charge in [-0.05, 0) is 30.9 Å². The van der Waals surface area contributed by atoms with Gasteiger partial charge in [0.2, 0.25) is 0 Å². The molecule has 0 bridgehead atoms. The molecule has 0 radical (unpaired) electrons. The first-order valence-corrected chi connectivity index (χ1v) is 9.63. The number of thioether (sulfide) groups is 1. The molecular formula is C17H22ClN3OS. The molecule has 23 heavy (non-hydrogen) atoms. The highest BCUT2D eigenvalue weighted by Gasteiger charge is 2.29. The Morgan fingerprint density at radius 3 is 2.83 bits per heavy atom. The fraction of sp³-hybridized carbons (Fsp3) is 0.529. The van der Waals surface area contributed by atoms with Gasteiger partial charge in [-0.3, -0.25) is 0 Å². The van der Waals surface area contributed by atoms with Gasteiger partial charge in [0.25, 0.3) is 0 Å². The Kier molecular flexibility index (Phi) is 5.62. The molecule has 1 fully saturated rings. The van der Waals surface area contributed by atoms with Gasteiger partial charge in [-0.2, -0.15) is 5.10 Å². The van der Waals surface area contributed by atoms with Crippen molar-refractivity contribution in [1.82, 2.24) is 14.8 Å². The summed E-state index contributed by atoms with van der Waals surface area (Å²) in [6.07, 6.45) is 2.74. The second-order valence-corrected chi connectivity index (χ2v) is 7.38. The lowest BCUT2D eigenvalue weighted by atomic mass is 10.2. The van der Waals surface area contributed by atoms with Crippen LogP contribution in [0.4, 0.5) is 0 Å². The number of hydrogen-bond acceptors (Lipinski definition) is 4. The van der Waals surface area contributed by atoms with Gasteiger partial charge in [0.05, 0.1) is 18.4 Å². The summed E-state index contributed by atoms with van der Waals surface area (Å²) in [5.74, 6) is 4.06. The highest BCUT2D eigenvalue weighted by atomic mass is 35.5.